The van der Waals surface area contributed by atoms with Crippen molar-refractivity contribution < 1.29 is 0 Å². The second kappa shape index (κ2) is 8.34. The van der Waals surface area contributed by atoms with Crippen LogP contribution in [-0.4, -0.2) is 51.2 Å². The number of imidazole rings is 1. The van der Waals surface area contributed by atoms with Gasteiger partial charge in [0.15, 0.2) is 0 Å². The molecule has 1 aliphatic heterocycles. The quantitative estimate of drug-likeness (QED) is 0.457. The maximum Gasteiger partial charge on any atom is 0.138 e. The zero-order valence-corrected chi connectivity index (χ0v) is 20.4. The summed E-state index contributed by atoms with van der Waals surface area (Å²) in [4.78, 5) is 13.6. The van der Waals surface area contributed by atoms with Crippen LogP contribution in [0.3, 0.4) is 0 Å². The van der Waals surface area contributed by atoms with Crippen LogP contribution in [0.25, 0.3) is 22.4 Å². The van der Waals surface area contributed by atoms with E-state index in [9.17, 15) is 0 Å². The standard InChI is InChI=1S/C27H34N6/c1-18-22(19(2)31-30-18)17-32-13-15-33(16-14-32)24-8-6-7-23-25(24)29-26(28-23)20-9-11-21(12-10-20)27(3,4)5/h6-12H,13-17H2,1-5H3,(H,28,29)(H,30,31). The smallest absolute Gasteiger partial charge is 0.138 e. The summed E-state index contributed by atoms with van der Waals surface area (Å²) < 4.78 is 0. The fourth-order valence-electron chi connectivity index (χ4n) is 4.71. The maximum absolute atomic E-state index is 5.03. The minimum atomic E-state index is 0.150. The van der Waals surface area contributed by atoms with E-state index in [4.69, 9.17) is 4.98 Å². The number of aromatic amines is 2. The predicted octanol–water partition coefficient (Wildman–Crippen LogP) is 5.19. The lowest BCUT2D eigenvalue weighted by Crippen LogP contribution is -2.46. The van der Waals surface area contributed by atoms with Crippen LogP contribution in [0, 0.1) is 13.8 Å². The van der Waals surface area contributed by atoms with Gasteiger partial charge in [0.2, 0.25) is 0 Å². The number of para-hydroxylation sites is 1. The third-order valence-corrected chi connectivity index (χ3v) is 6.89. The van der Waals surface area contributed by atoms with Gasteiger partial charge in [0.1, 0.15) is 11.3 Å². The highest BCUT2D eigenvalue weighted by Crippen LogP contribution is 2.30. The Kier molecular flexibility index (Phi) is 5.49. The minimum Gasteiger partial charge on any atom is -0.367 e. The lowest BCUT2D eigenvalue weighted by atomic mass is 9.87. The number of aromatic nitrogens is 4. The predicted molar refractivity (Wildman–Crippen MR) is 136 cm³/mol. The Labute approximate surface area is 196 Å². The number of hydrogen-bond donors (Lipinski definition) is 2. The van der Waals surface area contributed by atoms with Crippen LogP contribution in [0.15, 0.2) is 42.5 Å². The zero-order chi connectivity index (χ0) is 23.2. The molecule has 0 bridgehead atoms. The first-order valence-corrected chi connectivity index (χ1v) is 11.9. The van der Waals surface area contributed by atoms with E-state index in [1.165, 1.54) is 22.5 Å². The molecule has 2 N–H and O–H groups in total. The lowest BCUT2D eigenvalue weighted by Gasteiger charge is -2.36. The summed E-state index contributed by atoms with van der Waals surface area (Å²) in [6, 6.07) is 15.2. The molecule has 33 heavy (non-hydrogen) atoms. The van der Waals surface area contributed by atoms with Crippen molar-refractivity contribution in [2.45, 2.75) is 46.6 Å². The molecule has 1 aliphatic rings. The van der Waals surface area contributed by atoms with Gasteiger partial charge in [-0.05, 0) is 37.0 Å². The molecule has 0 saturated carbocycles. The van der Waals surface area contributed by atoms with Gasteiger partial charge in [-0.1, -0.05) is 51.1 Å². The number of H-pyrrole nitrogens is 2. The molecule has 0 amide bonds. The van der Waals surface area contributed by atoms with Crippen LogP contribution in [-0.2, 0) is 12.0 Å². The number of piperazine rings is 1. The Morgan fingerprint density at radius 2 is 1.67 bits per heavy atom. The molecule has 3 heterocycles. The third kappa shape index (κ3) is 4.27. The summed E-state index contributed by atoms with van der Waals surface area (Å²) in [6.07, 6.45) is 0. The van der Waals surface area contributed by atoms with Crippen molar-refractivity contribution in [3.05, 3.63) is 65.0 Å². The van der Waals surface area contributed by atoms with Gasteiger partial charge in [0.05, 0.1) is 16.9 Å². The number of nitrogens with one attached hydrogen (secondary N) is 2. The van der Waals surface area contributed by atoms with Crippen LogP contribution in [0.2, 0.25) is 0 Å². The molecule has 0 atom stereocenters. The summed E-state index contributed by atoms with van der Waals surface area (Å²) in [5.74, 6) is 0.933. The fraction of sp³-hybridized carbons (Fsp3) is 0.407. The summed E-state index contributed by atoms with van der Waals surface area (Å²) in [5.41, 5.74) is 9.60. The van der Waals surface area contributed by atoms with Crippen LogP contribution >= 0.6 is 0 Å². The van der Waals surface area contributed by atoms with Gasteiger partial charge in [-0.2, -0.15) is 5.10 Å². The summed E-state index contributed by atoms with van der Waals surface area (Å²) >= 11 is 0. The van der Waals surface area contributed by atoms with Crippen LogP contribution < -0.4 is 4.90 Å². The normalized spacial score (nSPS) is 15.5. The number of aryl methyl sites for hydroxylation is 2. The largest absolute Gasteiger partial charge is 0.367 e. The molecule has 1 fully saturated rings. The number of nitrogens with zero attached hydrogens (tertiary/aromatic N) is 4. The van der Waals surface area contributed by atoms with Crippen molar-refractivity contribution in [2.75, 3.05) is 31.1 Å². The molecular weight excluding hydrogens is 408 g/mol. The van der Waals surface area contributed by atoms with Crippen molar-refractivity contribution >= 4 is 16.7 Å². The SMILES string of the molecule is Cc1n[nH]c(C)c1CN1CCN(c2cccc3[nH]c(-c4ccc(C(C)(C)C)cc4)nc23)CC1. The van der Waals surface area contributed by atoms with E-state index in [0.29, 0.717) is 0 Å². The summed E-state index contributed by atoms with van der Waals surface area (Å²) in [7, 11) is 0. The van der Waals surface area contributed by atoms with Crippen molar-refractivity contribution in [1.82, 2.24) is 25.1 Å². The molecule has 0 aliphatic carbocycles. The molecule has 4 aromatic rings. The number of fused-ring (bicyclic) bond motifs is 1. The van der Waals surface area contributed by atoms with Gasteiger partial charge in [-0.3, -0.25) is 10.00 Å². The molecule has 0 unspecified atom stereocenters. The molecule has 5 rings (SSSR count). The first kappa shape index (κ1) is 21.7. The topological polar surface area (TPSA) is 63.8 Å². The average molecular weight is 443 g/mol. The molecule has 0 radical (unpaired) electrons. The monoisotopic (exact) mass is 442 g/mol. The molecule has 2 aromatic carbocycles. The number of benzene rings is 2. The second-order valence-electron chi connectivity index (χ2n) is 10.3. The second-order valence-corrected chi connectivity index (χ2v) is 10.3. The number of hydrogen-bond acceptors (Lipinski definition) is 4. The van der Waals surface area contributed by atoms with E-state index in [1.807, 2.05) is 0 Å². The third-order valence-electron chi connectivity index (χ3n) is 6.89. The number of anilines is 1. The van der Waals surface area contributed by atoms with Gasteiger partial charge in [0.25, 0.3) is 0 Å². The minimum absolute atomic E-state index is 0.150. The Morgan fingerprint density at radius 3 is 2.30 bits per heavy atom. The van der Waals surface area contributed by atoms with E-state index in [1.54, 1.807) is 0 Å². The molecule has 1 saturated heterocycles. The van der Waals surface area contributed by atoms with E-state index in [-0.39, 0.29) is 5.41 Å². The van der Waals surface area contributed by atoms with Gasteiger partial charge in [-0.25, -0.2) is 4.98 Å². The van der Waals surface area contributed by atoms with Crippen molar-refractivity contribution in [3.8, 4) is 11.4 Å². The highest BCUT2D eigenvalue weighted by atomic mass is 15.3. The number of rotatable bonds is 4. The summed E-state index contributed by atoms with van der Waals surface area (Å²) in [6.45, 7) is 15.9. The Balaban J connectivity index is 1.34. The van der Waals surface area contributed by atoms with Crippen molar-refractivity contribution in [3.63, 3.8) is 0 Å². The van der Waals surface area contributed by atoms with E-state index in [2.05, 4.69) is 102 Å². The van der Waals surface area contributed by atoms with Crippen molar-refractivity contribution in [2.24, 2.45) is 0 Å². The van der Waals surface area contributed by atoms with Gasteiger partial charge >= 0.3 is 0 Å². The van der Waals surface area contributed by atoms with Crippen LogP contribution in [0.1, 0.15) is 43.3 Å². The Morgan fingerprint density at radius 1 is 0.939 bits per heavy atom. The summed E-state index contributed by atoms with van der Waals surface area (Å²) in [5, 5.41) is 7.46. The lowest BCUT2D eigenvalue weighted by molar-refractivity contribution is 0.249. The van der Waals surface area contributed by atoms with E-state index >= 15 is 0 Å². The van der Waals surface area contributed by atoms with Gasteiger partial charge < -0.3 is 9.88 Å². The molecular formula is C27H34N6. The molecule has 2 aromatic heterocycles. The highest BCUT2D eigenvalue weighted by molar-refractivity contribution is 5.91. The van der Waals surface area contributed by atoms with Crippen molar-refractivity contribution in [1.29, 1.82) is 0 Å². The average Bonchev–Trinajstić information content (AvgIpc) is 3.38. The van der Waals surface area contributed by atoms with E-state index < -0.39 is 0 Å². The molecule has 0 spiro atoms. The first-order chi connectivity index (χ1) is 15.8. The Hall–Kier alpha value is -3.12. The fourth-order valence-corrected chi connectivity index (χ4v) is 4.71. The Bertz CT molecular complexity index is 1230. The maximum atomic E-state index is 5.03. The molecule has 172 valence electrons. The first-order valence-electron chi connectivity index (χ1n) is 11.9. The van der Waals surface area contributed by atoms with Gasteiger partial charge in [-0.15, -0.1) is 0 Å². The van der Waals surface area contributed by atoms with Crippen LogP contribution in [0.5, 0.6) is 0 Å². The van der Waals surface area contributed by atoms with Gasteiger partial charge in [0, 0.05) is 49.5 Å². The van der Waals surface area contributed by atoms with Crippen LogP contribution in [0.4, 0.5) is 5.69 Å². The molecule has 6 nitrogen and oxygen atoms in total. The van der Waals surface area contributed by atoms with E-state index in [0.717, 1.165) is 60.8 Å². The highest BCUT2D eigenvalue weighted by Gasteiger charge is 2.22. The molecule has 6 heteroatoms. The zero-order valence-electron chi connectivity index (χ0n) is 20.4.